The quantitative estimate of drug-likeness (QED) is 0.517. The first-order chi connectivity index (χ1) is 11.6. The Balaban J connectivity index is 1.94. The van der Waals surface area contributed by atoms with Crippen molar-refractivity contribution in [2.24, 2.45) is 0 Å². The molecule has 5 heteroatoms. The molecule has 0 spiro atoms. The first-order valence-corrected chi connectivity index (χ1v) is 9.26. The summed E-state index contributed by atoms with van der Waals surface area (Å²) < 4.78 is 6.53. The Morgan fingerprint density at radius 3 is 2.71 bits per heavy atom. The Bertz CT molecular complexity index is 691. The fourth-order valence-electron chi connectivity index (χ4n) is 2.24. The molecule has 0 fully saturated rings. The highest BCUT2D eigenvalue weighted by atomic mass is 79.9. The number of unbranched alkanes of at least 4 members (excludes halogenated alkanes) is 3. The van der Waals surface area contributed by atoms with Crippen LogP contribution in [0.3, 0.4) is 0 Å². The van der Waals surface area contributed by atoms with Gasteiger partial charge in [0.25, 0.3) is 5.91 Å². The number of anilines is 1. The highest BCUT2D eigenvalue weighted by molar-refractivity contribution is 9.10. The van der Waals surface area contributed by atoms with E-state index < -0.39 is 0 Å². The predicted octanol–water partition coefficient (Wildman–Crippen LogP) is 6.31. The van der Waals surface area contributed by atoms with Gasteiger partial charge in [-0.2, -0.15) is 0 Å². The smallest absolute Gasteiger partial charge is 0.255 e. The van der Waals surface area contributed by atoms with Crippen LogP contribution in [-0.4, -0.2) is 12.5 Å². The molecule has 0 saturated heterocycles. The number of hydrogen-bond acceptors (Lipinski definition) is 2. The Labute approximate surface area is 156 Å². The largest absolute Gasteiger partial charge is 0.492 e. The van der Waals surface area contributed by atoms with E-state index in [4.69, 9.17) is 16.3 Å². The van der Waals surface area contributed by atoms with Crippen molar-refractivity contribution < 1.29 is 9.53 Å². The van der Waals surface area contributed by atoms with Crippen molar-refractivity contribution in [3.05, 3.63) is 57.5 Å². The average molecular weight is 411 g/mol. The van der Waals surface area contributed by atoms with E-state index in [9.17, 15) is 4.79 Å². The molecule has 0 aromatic heterocycles. The van der Waals surface area contributed by atoms with Crippen molar-refractivity contribution in [2.45, 2.75) is 32.6 Å². The molecule has 0 aliphatic heterocycles. The zero-order valence-electron chi connectivity index (χ0n) is 13.6. The molecule has 0 bridgehead atoms. The van der Waals surface area contributed by atoms with Crippen LogP contribution in [0.2, 0.25) is 5.02 Å². The third-order valence-electron chi connectivity index (χ3n) is 3.53. The van der Waals surface area contributed by atoms with Crippen molar-refractivity contribution in [3.63, 3.8) is 0 Å². The number of ether oxygens (including phenoxy) is 1. The monoisotopic (exact) mass is 409 g/mol. The van der Waals surface area contributed by atoms with Crippen LogP contribution in [0.25, 0.3) is 0 Å². The van der Waals surface area contributed by atoms with Gasteiger partial charge in [0.2, 0.25) is 0 Å². The summed E-state index contributed by atoms with van der Waals surface area (Å²) in [7, 11) is 0. The van der Waals surface area contributed by atoms with Crippen LogP contribution < -0.4 is 10.1 Å². The van der Waals surface area contributed by atoms with Gasteiger partial charge >= 0.3 is 0 Å². The predicted molar refractivity (Wildman–Crippen MR) is 103 cm³/mol. The number of carbonyl (C=O) groups is 1. The number of rotatable bonds is 8. The molecule has 1 amide bonds. The number of benzene rings is 2. The Hall–Kier alpha value is -1.52. The van der Waals surface area contributed by atoms with E-state index in [-0.39, 0.29) is 5.91 Å². The van der Waals surface area contributed by atoms with Gasteiger partial charge in [0.05, 0.1) is 11.1 Å². The zero-order chi connectivity index (χ0) is 17.4. The maximum atomic E-state index is 12.3. The van der Waals surface area contributed by atoms with Crippen molar-refractivity contribution in [2.75, 3.05) is 11.9 Å². The minimum atomic E-state index is -0.188. The Morgan fingerprint density at radius 1 is 1.17 bits per heavy atom. The van der Waals surface area contributed by atoms with Gasteiger partial charge in [-0.1, -0.05) is 43.9 Å². The SMILES string of the molecule is CCCCCCOc1ccc(C(=O)Nc2cccc(Cl)c2)cc1Br. The van der Waals surface area contributed by atoms with Gasteiger partial charge < -0.3 is 10.1 Å². The summed E-state index contributed by atoms with van der Waals surface area (Å²) >= 11 is 9.39. The second kappa shape index (κ2) is 9.70. The highest BCUT2D eigenvalue weighted by Gasteiger charge is 2.10. The van der Waals surface area contributed by atoms with E-state index in [2.05, 4.69) is 28.2 Å². The van der Waals surface area contributed by atoms with Crippen LogP contribution in [0, 0.1) is 0 Å². The molecule has 128 valence electrons. The zero-order valence-corrected chi connectivity index (χ0v) is 16.0. The fourth-order valence-corrected chi connectivity index (χ4v) is 2.92. The number of carbonyl (C=O) groups excluding carboxylic acids is 1. The normalized spacial score (nSPS) is 10.5. The third-order valence-corrected chi connectivity index (χ3v) is 4.39. The van der Waals surface area contributed by atoms with Crippen LogP contribution in [0.5, 0.6) is 5.75 Å². The molecule has 0 aliphatic rings. The lowest BCUT2D eigenvalue weighted by Gasteiger charge is -2.10. The minimum absolute atomic E-state index is 0.188. The fraction of sp³-hybridized carbons (Fsp3) is 0.316. The lowest BCUT2D eigenvalue weighted by Crippen LogP contribution is -2.12. The third kappa shape index (κ3) is 5.84. The van der Waals surface area contributed by atoms with Crippen molar-refractivity contribution >= 4 is 39.1 Å². The van der Waals surface area contributed by atoms with E-state index in [1.54, 1.807) is 36.4 Å². The van der Waals surface area contributed by atoms with Gasteiger partial charge in [-0.15, -0.1) is 0 Å². The molecule has 24 heavy (non-hydrogen) atoms. The van der Waals surface area contributed by atoms with Gasteiger partial charge in [-0.25, -0.2) is 0 Å². The van der Waals surface area contributed by atoms with Crippen molar-refractivity contribution in [1.82, 2.24) is 0 Å². The molecule has 1 N–H and O–H groups in total. The summed E-state index contributed by atoms with van der Waals surface area (Å²) in [6.45, 7) is 2.87. The van der Waals surface area contributed by atoms with Gasteiger partial charge in [0.1, 0.15) is 5.75 Å². The van der Waals surface area contributed by atoms with Gasteiger partial charge in [0.15, 0.2) is 0 Å². The minimum Gasteiger partial charge on any atom is -0.492 e. The topological polar surface area (TPSA) is 38.3 Å². The Kier molecular flexibility index (Phi) is 7.60. The maximum absolute atomic E-state index is 12.3. The summed E-state index contributed by atoms with van der Waals surface area (Å²) in [5.74, 6) is 0.568. The van der Waals surface area contributed by atoms with E-state index >= 15 is 0 Å². The second-order valence-electron chi connectivity index (χ2n) is 5.52. The molecule has 2 aromatic carbocycles. The maximum Gasteiger partial charge on any atom is 0.255 e. The average Bonchev–Trinajstić information content (AvgIpc) is 2.56. The number of hydrogen-bond donors (Lipinski definition) is 1. The van der Waals surface area contributed by atoms with Crippen molar-refractivity contribution in [3.8, 4) is 5.75 Å². The molecule has 0 radical (unpaired) electrons. The van der Waals surface area contributed by atoms with Crippen LogP contribution in [0.4, 0.5) is 5.69 Å². The van der Waals surface area contributed by atoms with Crippen LogP contribution >= 0.6 is 27.5 Å². The molecule has 0 heterocycles. The van der Waals surface area contributed by atoms with E-state index in [1.807, 2.05) is 6.07 Å². The molecule has 2 rings (SSSR count). The lowest BCUT2D eigenvalue weighted by atomic mass is 10.2. The lowest BCUT2D eigenvalue weighted by molar-refractivity contribution is 0.102. The summed E-state index contributed by atoms with van der Waals surface area (Å²) in [6, 6.07) is 12.4. The molecule has 0 atom stereocenters. The summed E-state index contributed by atoms with van der Waals surface area (Å²) in [5.41, 5.74) is 1.22. The molecular formula is C19H21BrClNO2. The van der Waals surface area contributed by atoms with Crippen LogP contribution in [0.15, 0.2) is 46.9 Å². The number of nitrogens with one attached hydrogen (secondary N) is 1. The molecule has 0 saturated carbocycles. The first kappa shape index (κ1) is 18.8. The van der Waals surface area contributed by atoms with E-state index in [0.29, 0.717) is 22.9 Å². The Morgan fingerprint density at radius 2 is 2.00 bits per heavy atom. The van der Waals surface area contributed by atoms with Gasteiger partial charge in [-0.05, 0) is 58.7 Å². The molecule has 0 unspecified atom stereocenters. The van der Waals surface area contributed by atoms with Gasteiger partial charge in [-0.3, -0.25) is 4.79 Å². The molecule has 2 aromatic rings. The van der Waals surface area contributed by atoms with Crippen LogP contribution in [0.1, 0.15) is 43.0 Å². The van der Waals surface area contributed by atoms with E-state index in [1.165, 1.54) is 19.3 Å². The molecule has 3 nitrogen and oxygen atoms in total. The molecular weight excluding hydrogens is 390 g/mol. The standard InChI is InChI=1S/C19H21BrClNO2/c1-2-3-4-5-11-24-18-10-9-14(12-17(18)20)19(23)22-16-8-6-7-15(21)13-16/h6-10,12-13H,2-5,11H2,1H3,(H,22,23). The van der Waals surface area contributed by atoms with Gasteiger partial charge in [0, 0.05) is 16.3 Å². The van der Waals surface area contributed by atoms with Crippen molar-refractivity contribution in [1.29, 1.82) is 0 Å². The van der Waals surface area contributed by atoms with Crippen LogP contribution in [-0.2, 0) is 0 Å². The summed E-state index contributed by atoms with van der Waals surface area (Å²) in [5, 5.41) is 3.41. The second-order valence-corrected chi connectivity index (χ2v) is 6.81. The number of halogens is 2. The summed E-state index contributed by atoms with van der Waals surface area (Å²) in [6.07, 6.45) is 4.65. The number of amides is 1. The molecule has 0 aliphatic carbocycles. The summed E-state index contributed by atoms with van der Waals surface area (Å²) in [4.78, 5) is 12.3. The first-order valence-electron chi connectivity index (χ1n) is 8.09. The van der Waals surface area contributed by atoms with E-state index in [0.717, 1.165) is 16.6 Å². The highest BCUT2D eigenvalue weighted by Crippen LogP contribution is 2.27.